The Kier molecular flexibility index (Phi) is 5.98. The topological polar surface area (TPSA) is 59.8 Å². The van der Waals surface area contributed by atoms with Gasteiger partial charge in [0.25, 0.3) is 0 Å². The maximum atomic E-state index is 12.2. The van der Waals surface area contributed by atoms with Crippen LogP contribution < -0.4 is 0 Å². The van der Waals surface area contributed by atoms with Gasteiger partial charge >= 0.3 is 5.97 Å². The first-order valence-electron chi connectivity index (χ1n) is 7.27. The van der Waals surface area contributed by atoms with Crippen molar-refractivity contribution in [2.75, 3.05) is 14.2 Å². The zero-order chi connectivity index (χ0) is 17.7. The normalized spacial score (nSPS) is 10.8. The van der Waals surface area contributed by atoms with Crippen LogP contribution in [0.5, 0.6) is 0 Å². The summed E-state index contributed by atoms with van der Waals surface area (Å²) in [5, 5.41) is 0. The van der Waals surface area contributed by atoms with Crippen molar-refractivity contribution in [1.29, 1.82) is 0 Å². The first-order chi connectivity index (χ1) is 11.4. The minimum atomic E-state index is -0.453. The van der Waals surface area contributed by atoms with E-state index in [0.717, 1.165) is 10.0 Å². The van der Waals surface area contributed by atoms with Gasteiger partial charge in [0, 0.05) is 17.6 Å². The van der Waals surface area contributed by atoms with Gasteiger partial charge in [-0.15, -0.1) is 0 Å². The molecule has 6 heteroatoms. The Hall–Kier alpha value is -2.34. The summed E-state index contributed by atoms with van der Waals surface area (Å²) in [5.41, 5.74) is 1.29. The summed E-state index contributed by atoms with van der Waals surface area (Å²) >= 11 is 3.43. The molecule has 0 aliphatic carbocycles. The summed E-state index contributed by atoms with van der Waals surface area (Å²) in [6, 6.07) is 9.23. The Balaban J connectivity index is 2.04. The molecule has 1 aromatic heterocycles. The van der Waals surface area contributed by atoms with Gasteiger partial charge in [0.05, 0.1) is 13.7 Å². The lowest BCUT2D eigenvalue weighted by atomic mass is 10.2. The minimum absolute atomic E-state index is 0.167. The van der Waals surface area contributed by atoms with E-state index in [0.29, 0.717) is 17.1 Å². The average molecular weight is 392 g/mol. The van der Waals surface area contributed by atoms with E-state index >= 15 is 0 Å². The molecule has 2 rings (SSSR count). The molecule has 126 valence electrons. The quantitative estimate of drug-likeness (QED) is 0.574. The first kappa shape index (κ1) is 18.0. The van der Waals surface area contributed by atoms with Crippen molar-refractivity contribution in [3.05, 3.63) is 63.5 Å². The second-order valence-electron chi connectivity index (χ2n) is 5.22. The maximum Gasteiger partial charge on any atom is 0.341 e. The van der Waals surface area contributed by atoms with Gasteiger partial charge < -0.3 is 14.1 Å². The second-order valence-corrected chi connectivity index (χ2v) is 6.08. The van der Waals surface area contributed by atoms with Crippen molar-refractivity contribution >= 4 is 33.9 Å². The summed E-state index contributed by atoms with van der Waals surface area (Å²) in [6.45, 7) is 1.95. The highest BCUT2D eigenvalue weighted by molar-refractivity contribution is 9.10. The number of esters is 1. The molecule has 0 saturated carbocycles. The summed E-state index contributed by atoms with van der Waals surface area (Å²) in [7, 11) is 2.99. The second kappa shape index (κ2) is 7.97. The van der Waals surface area contributed by atoms with Crippen LogP contribution in [0, 0.1) is 6.92 Å². The highest BCUT2D eigenvalue weighted by Gasteiger charge is 2.17. The summed E-state index contributed by atoms with van der Waals surface area (Å²) in [4.78, 5) is 25.3. The largest absolute Gasteiger partial charge is 0.465 e. The number of likely N-dealkylation sites (N-methyl/N-ethyl adjacent to an activating group) is 1. The molecule has 1 aromatic carbocycles. The molecule has 2 aromatic rings. The van der Waals surface area contributed by atoms with Crippen LogP contribution in [0.3, 0.4) is 0 Å². The number of furan rings is 1. The Bertz CT molecular complexity index is 779. The number of halogens is 1. The monoisotopic (exact) mass is 391 g/mol. The molecule has 0 bridgehead atoms. The molecular formula is C18H18BrNO4. The zero-order valence-electron chi connectivity index (χ0n) is 13.7. The number of amides is 1. The zero-order valence-corrected chi connectivity index (χ0v) is 15.3. The third-order valence-corrected chi connectivity index (χ3v) is 4.18. The van der Waals surface area contributed by atoms with Gasteiger partial charge in [-0.1, -0.05) is 34.1 Å². The molecule has 0 N–H and O–H groups in total. The molecule has 5 nitrogen and oxygen atoms in total. The van der Waals surface area contributed by atoms with Crippen molar-refractivity contribution in [3.63, 3.8) is 0 Å². The van der Waals surface area contributed by atoms with Crippen molar-refractivity contribution in [2.24, 2.45) is 0 Å². The average Bonchev–Trinajstić information content (AvgIpc) is 2.93. The number of hydrogen-bond donors (Lipinski definition) is 0. The fraction of sp³-hybridized carbons (Fsp3) is 0.222. The van der Waals surface area contributed by atoms with E-state index in [1.54, 1.807) is 26.1 Å². The van der Waals surface area contributed by atoms with Crippen LogP contribution in [-0.2, 0) is 16.1 Å². The van der Waals surface area contributed by atoms with Crippen LogP contribution in [0.25, 0.3) is 6.08 Å². The van der Waals surface area contributed by atoms with E-state index in [2.05, 4.69) is 20.7 Å². The smallest absolute Gasteiger partial charge is 0.341 e. The van der Waals surface area contributed by atoms with Crippen LogP contribution in [-0.4, -0.2) is 30.9 Å². The highest BCUT2D eigenvalue weighted by Crippen LogP contribution is 2.18. The van der Waals surface area contributed by atoms with Gasteiger partial charge in [0.1, 0.15) is 17.1 Å². The summed E-state index contributed by atoms with van der Waals surface area (Å²) in [6.07, 6.45) is 3.24. The number of methoxy groups -OCH3 is 1. The molecule has 0 spiro atoms. The SMILES string of the molecule is COC(=O)c1cc(CN(C)C(=O)/C=C/c2ccccc2Br)oc1C. The molecule has 0 fully saturated rings. The lowest BCUT2D eigenvalue weighted by Gasteiger charge is -2.13. The van der Waals surface area contributed by atoms with Gasteiger partial charge in [-0.05, 0) is 30.7 Å². The molecule has 1 heterocycles. The number of nitrogens with zero attached hydrogens (tertiary/aromatic N) is 1. The summed E-state index contributed by atoms with van der Waals surface area (Å²) in [5.74, 6) is 0.379. The molecule has 0 aliphatic rings. The number of carbonyl (C=O) groups is 2. The van der Waals surface area contributed by atoms with E-state index in [4.69, 9.17) is 4.42 Å². The molecule has 24 heavy (non-hydrogen) atoms. The predicted octanol–water partition coefficient (Wildman–Crippen LogP) is 3.81. The molecule has 0 aliphatic heterocycles. The number of carbonyl (C=O) groups excluding carboxylic acids is 2. The third kappa shape index (κ3) is 4.35. The van der Waals surface area contributed by atoms with Crippen LogP contribution >= 0.6 is 15.9 Å². The molecule has 0 unspecified atom stereocenters. The van der Waals surface area contributed by atoms with E-state index in [1.165, 1.54) is 18.1 Å². The fourth-order valence-electron chi connectivity index (χ4n) is 2.14. The number of hydrogen-bond acceptors (Lipinski definition) is 4. The van der Waals surface area contributed by atoms with Gasteiger partial charge in [0.15, 0.2) is 0 Å². The lowest BCUT2D eigenvalue weighted by molar-refractivity contribution is -0.125. The summed E-state index contributed by atoms with van der Waals surface area (Å²) < 4.78 is 11.1. The van der Waals surface area contributed by atoms with Crippen molar-refractivity contribution < 1.29 is 18.7 Å². The Morgan fingerprint density at radius 3 is 2.71 bits per heavy atom. The fourth-order valence-corrected chi connectivity index (χ4v) is 2.56. The lowest BCUT2D eigenvalue weighted by Crippen LogP contribution is -2.23. The number of ether oxygens (including phenoxy) is 1. The van der Waals surface area contributed by atoms with Gasteiger partial charge in [-0.2, -0.15) is 0 Å². The first-order valence-corrected chi connectivity index (χ1v) is 8.07. The van der Waals surface area contributed by atoms with Crippen LogP contribution in [0.15, 0.2) is 45.3 Å². The third-order valence-electron chi connectivity index (χ3n) is 3.45. The Labute approximate surface area is 149 Å². The number of benzene rings is 1. The molecular weight excluding hydrogens is 374 g/mol. The van der Waals surface area contributed by atoms with Gasteiger partial charge in [-0.3, -0.25) is 4.79 Å². The molecule has 1 amide bonds. The maximum absolute atomic E-state index is 12.2. The van der Waals surface area contributed by atoms with Crippen LogP contribution in [0.4, 0.5) is 0 Å². The number of rotatable bonds is 5. The minimum Gasteiger partial charge on any atom is -0.465 e. The molecule has 0 saturated heterocycles. The van der Waals surface area contributed by atoms with Gasteiger partial charge in [0.2, 0.25) is 5.91 Å². The predicted molar refractivity (Wildman–Crippen MR) is 94.4 cm³/mol. The van der Waals surface area contributed by atoms with Gasteiger partial charge in [-0.25, -0.2) is 4.79 Å². The number of aryl methyl sites for hydroxylation is 1. The van der Waals surface area contributed by atoms with E-state index in [-0.39, 0.29) is 12.5 Å². The van der Waals surface area contributed by atoms with E-state index < -0.39 is 5.97 Å². The van der Waals surface area contributed by atoms with E-state index in [1.807, 2.05) is 24.3 Å². The Morgan fingerprint density at radius 2 is 2.04 bits per heavy atom. The van der Waals surface area contributed by atoms with Crippen molar-refractivity contribution in [1.82, 2.24) is 4.90 Å². The highest BCUT2D eigenvalue weighted by atomic mass is 79.9. The molecule has 0 atom stereocenters. The van der Waals surface area contributed by atoms with E-state index in [9.17, 15) is 9.59 Å². The Morgan fingerprint density at radius 1 is 1.33 bits per heavy atom. The van der Waals surface area contributed by atoms with Crippen molar-refractivity contribution in [2.45, 2.75) is 13.5 Å². The molecule has 0 radical (unpaired) electrons. The van der Waals surface area contributed by atoms with Crippen LogP contribution in [0.1, 0.15) is 27.4 Å². The van der Waals surface area contributed by atoms with Crippen molar-refractivity contribution in [3.8, 4) is 0 Å². The van der Waals surface area contributed by atoms with Crippen LogP contribution in [0.2, 0.25) is 0 Å². The standard InChI is InChI=1S/C18H18BrNO4/c1-12-15(18(22)23-3)10-14(24-12)11-20(2)17(21)9-8-13-6-4-5-7-16(13)19/h4-10H,11H2,1-3H3/b9-8+.